The van der Waals surface area contributed by atoms with Gasteiger partial charge in [-0.1, -0.05) is 43.2 Å². The minimum atomic E-state index is 0.120. The van der Waals surface area contributed by atoms with Crippen molar-refractivity contribution in [1.29, 1.82) is 0 Å². The first kappa shape index (κ1) is 18.2. The minimum absolute atomic E-state index is 0.120. The van der Waals surface area contributed by atoms with Gasteiger partial charge in [0.15, 0.2) is 0 Å². The summed E-state index contributed by atoms with van der Waals surface area (Å²) in [5.74, 6) is 1.08. The Morgan fingerprint density at radius 1 is 1.00 bits per heavy atom. The van der Waals surface area contributed by atoms with E-state index in [0.717, 1.165) is 75.6 Å². The molecule has 1 saturated heterocycles. The monoisotopic (exact) mass is 366 g/mol. The van der Waals surface area contributed by atoms with Crippen molar-refractivity contribution in [3.63, 3.8) is 0 Å². The van der Waals surface area contributed by atoms with Crippen molar-refractivity contribution in [3.05, 3.63) is 41.2 Å². The van der Waals surface area contributed by atoms with Gasteiger partial charge in [-0.05, 0) is 32.7 Å². The third-order valence-corrected chi connectivity index (χ3v) is 5.99. The number of nitrogens with zero attached hydrogens (tertiary/aromatic N) is 4. The molecule has 1 fully saturated rings. The second-order valence-electron chi connectivity index (χ2n) is 7.79. The summed E-state index contributed by atoms with van der Waals surface area (Å²) in [7, 11) is 0. The van der Waals surface area contributed by atoms with Gasteiger partial charge in [0.25, 0.3) is 5.91 Å². The van der Waals surface area contributed by atoms with Crippen LogP contribution in [0.25, 0.3) is 11.4 Å². The Bertz CT molecular complexity index is 800. The number of aryl methyl sites for hydroxylation is 1. The van der Waals surface area contributed by atoms with Gasteiger partial charge in [-0.2, -0.15) is 0 Å². The van der Waals surface area contributed by atoms with Crippen LogP contribution in [0, 0.1) is 6.92 Å². The average Bonchev–Trinajstić information content (AvgIpc) is 2.89. The fourth-order valence-electron chi connectivity index (χ4n) is 4.23. The molecule has 27 heavy (non-hydrogen) atoms. The van der Waals surface area contributed by atoms with Crippen LogP contribution in [-0.2, 0) is 13.0 Å². The molecule has 1 aromatic carbocycles. The summed E-state index contributed by atoms with van der Waals surface area (Å²) in [5.41, 5.74) is 4.19. The number of fused-ring (bicyclic) bond motifs is 1. The van der Waals surface area contributed by atoms with Crippen LogP contribution in [0.4, 0.5) is 0 Å². The number of carbonyl (C=O) groups excluding carboxylic acids is 1. The molecule has 0 unspecified atom stereocenters. The summed E-state index contributed by atoms with van der Waals surface area (Å²) in [6, 6.07) is 8.51. The van der Waals surface area contributed by atoms with Gasteiger partial charge in [-0.15, -0.1) is 0 Å². The van der Waals surface area contributed by atoms with Crippen molar-refractivity contribution in [2.24, 2.45) is 0 Å². The standard InChI is InChI=1S/C22H30N4O/c1-3-24-13-15-25(16-14-24)22(27)20-19-7-5-4-6-12-26(19)21(23-20)18-10-8-17(2)9-11-18/h8-11H,3-7,12-16H2,1-2H3. The molecule has 2 aliphatic heterocycles. The molecular formula is C22H30N4O. The number of amides is 1. The summed E-state index contributed by atoms with van der Waals surface area (Å²) >= 11 is 0. The molecule has 1 amide bonds. The highest BCUT2D eigenvalue weighted by Crippen LogP contribution is 2.28. The minimum Gasteiger partial charge on any atom is -0.335 e. The Balaban J connectivity index is 1.68. The van der Waals surface area contributed by atoms with E-state index >= 15 is 0 Å². The number of piperazine rings is 1. The van der Waals surface area contributed by atoms with Crippen LogP contribution >= 0.6 is 0 Å². The molecule has 5 heteroatoms. The van der Waals surface area contributed by atoms with Gasteiger partial charge in [0.05, 0.1) is 5.69 Å². The van der Waals surface area contributed by atoms with Crippen LogP contribution in [0.5, 0.6) is 0 Å². The van der Waals surface area contributed by atoms with E-state index in [4.69, 9.17) is 4.98 Å². The number of hydrogen-bond donors (Lipinski definition) is 0. The molecule has 4 rings (SSSR count). The molecule has 0 spiro atoms. The van der Waals surface area contributed by atoms with Crippen molar-refractivity contribution in [2.45, 2.75) is 46.1 Å². The molecule has 0 aliphatic carbocycles. The van der Waals surface area contributed by atoms with Gasteiger partial charge in [-0.3, -0.25) is 4.79 Å². The lowest BCUT2D eigenvalue weighted by atomic mass is 10.1. The van der Waals surface area contributed by atoms with Gasteiger partial charge >= 0.3 is 0 Å². The van der Waals surface area contributed by atoms with E-state index in [0.29, 0.717) is 5.69 Å². The topological polar surface area (TPSA) is 41.4 Å². The Kier molecular flexibility index (Phi) is 5.30. The molecule has 2 aliphatic rings. The molecule has 2 aromatic rings. The molecule has 0 radical (unpaired) electrons. The Labute approximate surface area is 162 Å². The summed E-state index contributed by atoms with van der Waals surface area (Å²) in [4.78, 5) is 22.6. The lowest BCUT2D eigenvalue weighted by Crippen LogP contribution is -2.48. The van der Waals surface area contributed by atoms with Crippen LogP contribution < -0.4 is 0 Å². The lowest BCUT2D eigenvalue weighted by molar-refractivity contribution is 0.0637. The van der Waals surface area contributed by atoms with Crippen molar-refractivity contribution in [2.75, 3.05) is 32.7 Å². The smallest absolute Gasteiger partial charge is 0.274 e. The zero-order chi connectivity index (χ0) is 18.8. The summed E-state index contributed by atoms with van der Waals surface area (Å²) in [6.07, 6.45) is 4.47. The van der Waals surface area contributed by atoms with Gasteiger partial charge in [0.1, 0.15) is 11.5 Å². The number of likely N-dealkylation sites (N-methyl/N-ethyl adjacent to an activating group) is 1. The van der Waals surface area contributed by atoms with E-state index in [1.807, 2.05) is 4.90 Å². The Hall–Kier alpha value is -2.14. The normalized spacial score (nSPS) is 18.2. The first-order valence-corrected chi connectivity index (χ1v) is 10.4. The molecule has 0 atom stereocenters. The van der Waals surface area contributed by atoms with Gasteiger partial charge in [-0.25, -0.2) is 4.98 Å². The number of aromatic nitrogens is 2. The summed E-state index contributed by atoms with van der Waals surface area (Å²) < 4.78 is 2.31. The molecule has 5 nitrogen and oxygen atoms in total. The van der Waals surface area contributed by atoms with E-state index in [2.05, 4.69) is 47.6 Å². The maximum atomic E-state index is 13.3. The predicted molar refractivity (Wildman–Crippen MR) is 108 cm³/mol. The summed E-state index contributed by atoms with van der Waals surface area (Å²) in [5, 5.41) is 0. The van der Waals surface area contributed by atoms with Crippen LogP contribution in [0.15, 0.2) is 24.3 Å². The van der Waals surface area contributed by atoms with E-state index in [1.165, 1.54) is 12.0 Å². The van der Waals surface area contributed by atoms with E-state index in [9.17, 15) is 4.79 Å². The predicted octanol–water partition coefficient (Wildman–Crippen LogP) is 3.36. The Morgan fingerprint density at radius 2 is 1.74 bits per heavy atom. The van der Waals surface area contributed by atoms with Crippen molar-refractivity contribution >= 4 is 5.91 Å². The van der Waals surface area contributed by atoms with Crippen molar-refractivity contribution in [1.82, 2.24) is 19.4 Å². The van der Waals surface area contributed by atoms with Gasteiger partial charge < -0.3 is 14.4 Å². The summed E-state index contributed by atoms with van der Waals surface area (Å²) in [6.45, 7) is 9.83. The van der Waals surface area contributed by atoms with Crippen molar-refractivity contribution in [3.8, 4) is 11.4 Å². The fraction of sp³-hybridized carbons (Fsp3) is 0.545. The largest absolute Gasteiger partial charge is 0.335 e. The number of imidazole rings is 1. The molecular weight excluding hydrogens is 336 g/mol. The van der Waals surface area contributed by atoms with Crippen molar-refractivity contribution < 1.29 is 4.79 Å². The SMILES string of the molecule is CCN1CCN(C(=O)c2nc(-c3ccc(C)cc3)n3c2CCCCC3)CC1. The van der Waals surface area contributed by atoms with Crippen LogP contribution in [0.3, 0.4) is 0 Å². The van der Waals surface area contributed by atoms with E-state index in [1.54, 1.807) is 0 Å². The third kappa shape index (κ3) is 3.65. The number of rotatable bonds is 3. The zero-order valence-electron chi connectivity index (χ0n) is 16.6. The van der Waals surface area contributed by atoms with E-state index < -0.39 is 0 Å². The highest BCUT2D eigenvalue weighted by molar-refractivity contribution is 5.94. The number of benzene rings is 1. The molecule has 144 valence electrons. The second kappa shape index (κ2) is 7.85. The third-order valence-electron chi connectivity index (χ3n) is 5.99. The molecule has 0 N–H and O–H groups in total. The Morgan fingerprint density at radius 3 is 2.44 bits per heavy atom. The maximum absolute atomic E-state index is 13.3. The molecule has 3 heterocycles. The highest BCUT2D eigenvalue weighted by Gasteiger charge is 2.29. The van der Waals surface area contributed by atoms with Gasteiger partial charge in [0.2, 0.25) is 0 Å². The van der Waals surface area contributed by atoms with E-state index in [-0.39, 0.29) is 5.91 Å². The van der Waals surface area contributed by atoms with Crippen LogP contribution in [0.2, 0.25) is 0 Å². The molecule has 0 saturated carbocycles. The first-order valence-electron chi connectivity index (χ1n) is 10.4. The average molecular weight is 367 g/mol. The highest BCUT2D eigenvalue weighted by atomic mass is 16.2. The quantitative estimate of drug-likeness (QED) is 0.836. The fourth-order valence-corrected chi connectivity index (χ4v) is 4.23. The van der Waals surface area contributed by atoms with Crippen LogP contribution in [-0.4, -0.2) is 58.0 Å². The first-order chi connectivity index (χ1) is 13.2. The number of hydrogen-bond acceptors (Lipinski definition) is 3. The molecule has 0 bridgehead atoms. The van der Waals surface area contributed by atoms with Crippen LogP contribution in [0.1, 0.15) is 47.9 Å². The zero-order valence-corrected chi connectivity index (χ0v) is 16.6. The lowest BCUT2D eigenvalue weighted by Gasteiger charge is -2.33. The second-order valence-corrected chi connectivity index (χ2v) is 7.79. The van der Waals surface area contributed by atoms with Gasteiger partial charge in [0, 0.05) is 38.3 Å². The maximum Gasteiger partial charge on any atom is 0.274 e. The number of carbonyl (C=O) groups is 1. The molecule has 1 aromatic heterocycles.